The molecular formula is C8H7N3O3S. The van der Waals surface area contributed by atoms with E-state index in [0.29, 0.717) is 5.69 Å². The summed E-state index contributed by atoms with van der Waals surface area (Å²) in [5.41, 5.74) is 0.694. The van der Waals surface area contributed by atoms with Gasteiger partial charge in [-0.3, -0.25) is 5.32 Å². The summed E-state index contributed by atoms with van der Waals surface area (Å²) in [4.78, 5) is 0. The van der Waals surface area contributed by atoms with Crippen LogP contribution in [0.5, 0.6) is 5.75 Å². The smallest absolute Gasteiger partial charge is 0.316 e. The highest BCUT2D eigenvalue weighted by molar-refractivity contribution is 7.61. The number of nitriles is 1. The van der Waals surface area contributed by atoms with Gasteiger partial charge < -0.3 is 4.74 Å². The molecule has 0 unspecified atom stereocenters. The first-order valence-electron chi connectivity index (χ1n) is 3.81. The zero-order valence-corrected chi connectivity index (χ0v) is 8.58. The van der Waals surface area contributed by atoms with Gasteiger partial charge in [-0.05, 0) is 12.1 Å². The molecule has 0 atom stereocenters. The van der Waals surface area contributed by atoms with Crippen molar-refractivity contribution in [1.82, 2.24) is 0 Å². The Kier molecular flexibility index (Phi) is 3.65. The SMILES string of the molecule is COc1cc(NC#N)ccc1N=S(=O)=O. The molecule has 0 heterocycles. The molecule has 0 aliphatic carbocycles. The molecule has 0 saturated carbocycles. The van der Waals surface area contributed by atoms with E-state index < -0.39 is 10.5 Å². The molecular weight excluding hydrogens is 218 g/mol. The normalized spacial score (nSPS) is 8.80. The Bertz CT molecular complexity index is 523. The minimum atomic E-state index is -2.53. The van der Waals surface area contributed by atoms with Crippen LogP contribution in [-0.2, 0) is 10.5 Å². The van der Waals surface area contributed by atoms with E-state index in [1.807, 2.05) is 0 Å². The molecule has 78 valence electrons. The molecule has 1 rings (SSSR count). The van der Waals surface area contributed by atoms with Gasteiger partial charge >= 0.3 is 10.5 Å². The van der Waals surface area contributed by atoms with E-state index in [4.69, 9.17) is 10.00 Å². The molecule has 1 aromatic rings. The van der Waals surface area contributed by atoms with Gasteiger partial charge in [-0.1, -0.05) is 0 Å². The van der Waals surface area contributed by atoms with Crippen LogP contribution >= 0.6 is 0 Å². The number of anilines is 1. The molecule has 15 heavy (non-hydrogen) atoms. The minimum Gasteiger partial charge on any atom is -0.494 e. The second-order valence-corrected chi connectivity index (χ2v) is 3.05. The summed E-state index contributed by atoms with van der Waals surface area (Å²) in [6.07, 6.45) is 1.74. The molecule has 0 aliphatic heterocycles. The summed E-state index contributed by atoms with van der Waals surface area (Å²) in [6.45, 7) is 0. The fourth-order valence-electron chi connectivity index (χ4n) is 0.976. The number of hydrogen-bond donors (Lipinski definition) is 1. The Balaban J connectivity index is 3.22. The van der Waals surface area contributed by atoms with Crippen molar-refractivity contribution in [2.75, 3.05) is 12.4 Å². The Hall–Kier alpha value is -2.07. The van der Waals surface area contributed by atoms with Crippen LogP contribution in [0.4, 0.5) is 11.4 Å². The van der Waals surface area contributed by atoms with Gasteiger partial charge in [0.05, 0.1) is 12.8 Å². The fourth-order valence-corrected chi connectivity index (χ4v) is 1.29. The van der Waals surface area contributed by atoms with Crippen LogP contribution in [0.1, 0.15) is 0 Å². The lowest BCUT2D eigenvalue weighted by atomic mass is 10.2. The molecule has 0 fully saturated rings. The van der Waals surface area contributed by atoms with Gasteiger partial charge in [-0.2, -0.15) is 13.7 Å². The highest BCUT2D eigenvalue weighted by Gasteiger charge is 2.03. The largest absolute Gasteiger partial charge is 0.494 e. The third-order valence-corrected chi connectivity index (χ3v) is 1.90. The first kappa shape index (κ1) is 11.0. The first-order chi connectivity index (χ1) is 7.17. The van der Waals surface area contributed by atoms with Gasteiger partial charge in [0.2, 0.25) is 0 Å². The van der Waals surface area contributed by atoms with Gasteiger partial charge in [-0.25, -0.2) is 0 Å². The van der Waals surface area contributed by atoms with Gasteiger partial charge in [0.25, 0.3) is 0 Å². The third-order valence-electron chi connectivity index (χ3n) is 1.55. The number of hydrogen-bond acceptors (Lipinski definition) is 6. The predicted molar refractivity (Wildman–Crippen MR) is 53.2 cm³/mol. The maximum Gasteiger partial charge on any atom is 0.316 e. The lowest BCUT2D eigenvalue weighted by Gasteiger charge is -2.04. The van der Waals surface area contributed by atoms with Crippen LogP contribution in [-0.4, -0.2) is 15.5 Å². The standard InChI is InChI=1S/C8H7N3O3S/c1-14-8-4-6(10-5-9)2-3-7(8)11-15(12)13/h2-4,10H,1H3. The van der Waals surface area contributed by atoms with Crippen molar-refractivity contribution < 1.29 is 13.2 Å². The highest BCUT2D eigenvalue weighted by Crippen LogP contribution is 2.30. The molecule has 6 nitrogen and oxygen atoms in total. The molecule has 0 bridgehead atoms. The van der Waals surface area contributed by atoms with Crippen molar-refractivity contribution in [3.8, 4) is 11.9 Å². The maximum absolute atomic E-state index is 10.4. The van der Waals surface area contributed by atoms with E-state index >= 15 is 0 Å². The van der Waals surface area contributed by atoms with E-state index in [1.54, 1.807) is 6.19 Å². The van der Waals surface area contributed by atoms with Crippen molar-refractivity contribution in [2.24, 2.45) is 4.36 Å². The van der Waals surface area contributed by atoms with E-state index in [-0.39, 0.29) is 11.4 Å². The predicted octanol–water partition coefficient (Wildman–Crippen LogP) is 1.28. The van der Waals surface area contributed by atoms with E-state index in [0.717, 1.165) is 0 Å². The minimum absolute atomic E-state index is 0.189. The van der Waals surface area contributed by atoms with Crippen LogP contribution in [0.2, 0.25) is 0 Å². The van der Waals surface area contributed by atoms with Crippen molar-refractivity contribution in [3.63, 3.8) is 0 Å². The summed E-state index contributed by atoms with van der Waals surface area (Å²) in [6, 6.07) is 4.45. The molecule has 0 aromatic heterocycles. The lowest BCUT2D eigenvalue weighted by Crippen LogP contribution is -1.89. The van der Waals surface area contributed by atoms with Crippen molar-refractivity contribution in [2.45, 2.75) is 0 Å². The number of benzene rings is 1. The summed E-state index contributed by atoms with van der Waals surface area (Å²) >= 11 is 0. The molecule has 0 saturated heterocycles. The molecule has 0 spiro atoms. The maximum atomic E-state index is 10.4. The topological polar surface area (TPSA) is 91.5 Å². The Morgan fingerprint density at radius 3 is 2.80 bits per heavy atom. The van der Waals surface area contributed by atoms with Crippen LogP contribution in [0.25, 0.3) is 0 Å². The molecule has 7 heteroatoms. The van der Waals surface area contributed by atoms with E-state index in [1.165, 1.54) is 25.3 Å². The highest BCUT2D eigenvalue weighted by atomic mass is 32.2. The van der Waals surface area contributed by atoms with Crippen LogP contribution < -0.4 is 10.1 Å². The number of nitrogens with zero attached hydrogens (tertiary/aromatic N) is 2. The number of ether oxygens (including phenoxy) is 1. The van der Waals surface area contributed by atoms with E-state index in [9.17, 15) is 8.42 Å². The van der Waals surface area contributed by atoms with Gasteiger partial charge in [0.1, 0.15) is 11.4 Å². The Morgan fingerprint density at radius 1 is 1.53 bits per heavy atom. The quantitative estimate of drug-likeness (QED) is 0.618. The van der Waals surface area contributed by atoms with Crippen LogP contribution in [0, 0.1) is 11.5 Å². The second kappa shape index (κ2) is 4.97. The number of methoxy groups -OCH3 is 1. The van der Waals surface area contributed by atoms with Gasteiger partial charge in [0.15, 0.2) is 6.19 Å². The first-order valence-corrected chi connectivity index (χ1v) is 4.85. The number of rotatable bonds is 3. The van der Waals surface area contributed by atoms with Gasteiger partial charge in [0, 0.05) is 6.07 Å². The van der Waals surface area contributed by atoms with Crippen LogP contribution in [0.15, 0.2) is 22.6 Å². The summed E-state index contributed by atoms with van der Waals surface area (Å²) in [5.74, 6) is 0.277. The zero-order valence-electron chi connectivity index (χ0n) is 7.76. The molecule has 0 radical (unpaired) electrons. The monoisotopic (exact) mass is 225 g/mol. The molecule has 1 N–H and O–H groups in total. The zero-order chi connectivity index (χ0) is 11.3. The Labute approximate surface area is 87.8 Å². The number of nitrogens with one attached hydrogen (secondary N) is 1. The summed E-state index contributed by atoms with van der Waals surface area (Å²) in [7, 11) is -1.14. The average Bonchev–Trinajstić information content (AvgIpc) is 2.20. The van der Waals surface area contributed by atoms with E-state index in [2.05, 4.69) is 9.68 Å². The molecule has 1 aromatic carbocycles. The second-order valence-electron chi connectivity index (χ2n) is 2.43. The van der Waals surface area contributed by atoms with Crippen LogP contribution in [0.3, 0.4) is 0 Å². The summed E-state index contributed by atoms with van der Waals surface area (Å²) < 4.78 is 28.9. The summed E-state index contributed by atoms with van der Waals surface area (Å²) in [5, 5.41) is 10.8. The molecule has 0 amide bonds. The molecule has 0 aliphatic rings. The lowest BCUT2D eigenvalue weighted by molar-refractivity contribution is 0.416. The van der Waals surface area contributed by atoms with Gasteiger partial charge in [-0.15, -0.1) is 4.36 Å². The van der Waals surface area contributed by atoms with Crippen molar-refractivity contribution in [1.29, 1.82) is 5.26 Å². The van der Waals surface area contributed by atoms with Crippen molar-refractivity contribution >= 4 is 21.9 Å². The van der Waals surface area contributed by atoms with Crippen molar-refractivity contribution in [3.05, 3.63) is 18.2 Å². The Morgan fingerprint density at radius 2 is 2.27 bits per heavy atom. The average molecular weight is 225 g/mol. The fraction of sp³-hybridized carbons (Fsp3) is 0.125. The third kappa shape index (κ3) is 2.96.